The molecule has 0 N–H and O–H groups in total. The number of hydrogen-bond donors (Lipinski definition) is 0. The second-order valence-corrected chi connectivity index (χ2v) is 8.02. The van der Waals surface area contributed by atoms with Gasteiger partial charge in [0.05, 0.1) is 25.2 Å². The van der Waals surface area contributed by atoms with Crippen LogP contribution in [0.15, 0.2) is 71.8 Å². The van der Waals surface area contributed by atoms with Crippen molar-refractivity contribution in [2.45, 2.75) is 18.6 Å². The van der Waals surface area contributed by atoms with Gasteiger partial charge in [-0.2, -0.15) is 13.2 Å². The van der Waals surface area contributed by atoms with Crippen molar-refractivity contribution in [3.8, 4) is 34.9 Å². The van der Waals surface area contributed by atoms with E-state index in [4.69, 9.17) is 22.8 Å². The van der Waals surface area contributed by atoms with Crippen LogP contribution in [0.1, 0.15) is 17.3 Å². The van der Waals surface area contributed by atoms with E-state index in [9.17, 15) is 18.0 Å². The predicted octanol–water partition coefficient (Wildman–Crippen LogP) is 5.19. The minimum Gasteiger partial charge on any atom is -0.495 e. The van der Waals surface area contributed by atoms with Crippen LogP contribution in [0.3, 0.4) is 0 Å². The van der Waals surface area contributed by atoms with Crippen LogP contribution in [0.4, 0.5) is 13.2 Å². The Bertz CT molecular complexity index is 1460. The summed E-state index contributed by atoms with van der Waals surface area (Å²) in [4.78, 5) is 13.1. The molecule has 0 amide bonds. The summed E-state index contributed by atoms with van der Waals surface area (Å²) < 4.78 is 47.1. The maximum Gasteiger partial charge on any atom is 0.436 e. The highest BCUT2D eigenvalue weighted by Crippen LogP contribution is 2.36. The molecule has 0 aliphatic carbocycles. The average Bonchev–Trinajstić information content (AvgIpc) is 3.34. The van der Waals surface area contributed by atoms with Gasteiger partial charge in [-0.15, -0.1) is 11.5 Å². The molecule has 0 radical (unpaired) electrons. The number of aromatic nitrogens is 4. The molecule has 4 aromatic rings. The fraction of sp³-hybridized carbons (Fsp3) is 0.160. The van der Waals surface area contributed by atoms with Gasteiger partial charge in [0.15, 0.2) is 5.69 Å². The molecule has 1 atom stereocenters. The van der Waals surface area contributed by atoms with Gasteiger partial charge in [0.1, 0.15) is 11.8 Å². The summed E-state index contributed by atoms with van der Waals surface area (Å²) in [6, 6.07) is 14.7. The van der Waals surface area contributed by atoms with Crippen LogP contribution in [0.5, 0.6) is 5.75 Å². The Hall–Kier alpha value is -4.03. The van der Waals surface area contributed by atoms with Crippen LogP contribution < -0.4 is 10.3 Å². The summed E-state index contributed by atoms with van der Waals surface area (Å²) in [5.74, 6) is 2.91. The van der Waals surface area contributed by atoms with Gasteiger partial charge >= 0.3 is 6.18 Å². The molecular weight excluding hydrogens is 481 g/mol. The molecule has 0 bridgehead atoms. The van der Waals surface area contributed by atoms with Crippen LogP contribution in [-0.4, -0.2) is 26.7 Å². The molecule has 6 nitrogen and oxygen atoms in total. The van der Waals surface area contributed by atoms with E-state index in [-0.39, 0.29) is 11.4 Å². The second kappa shape index (κ2) is 9.68. The number of methoxy groups -OCH3 is 1. The van der Waals surface area contributed by atoms with Gasteiger partial charge in [-0.1, -0.05) is 53.1 Å². The SMILES string of the molecule is C#CC(Cc1ccccc1)n1cc(OC)c(-c2cc(Cl)ccc2-n2cc(C(F)(F)F)nn2)cc1=O. The first kappa shape index (κ1) is 24.1. The van der Waals surface area contributed by atoms with E-state index in [0.29, 0.717) is 22.6 Å². The molecule has 178 valence electrons. The number of halogens is 4. The molecule has 1 unspecified atom stereocenters. The molecule has 35 heavy (non-hydrogen) atoms. The van der Waals surface area contributed by atoms with Crippen LogP contribution in [0.2, 0.25) is 5.02 Å². The summed E-state index contributed by atoms with van der Waals surface area (Å²) in [6.45, 7) is 0. The van der Waals surface area contributed by atoms with Crippen LogP contribution in [-0.2, 0) is 12.6 Å². The maximum absolute atomic E-state index is 13.1. The van der Waals surface area contributed by atoms with E-state index < -0.39 is 23.5 Å². The van der Waals surface area contributed by atoms with E-state index >= 15 is 0 Å². The normalized spacial score (nSPS) is 12.2. The molecule has 0 aliphatic rings. The van der Waals surface area contributed by atoms with Gasteiger partial charge in [0.2, 0.25) is 0 Å². The van der Waals surface area contributed by atoms with Crippen molar-refractivity contribution >= 4 is 11.6 Å². The Labute approximate surface area is 203 Å². The molecule has 10 heteroatoms. The number of pyridine rings is 1. The van der Waals surface area contributed by atoms with Crippen LogP contribution in [0, 0.1) is 12.3 Å². The van der Waals surface area contributed by atoms with Crippen molar-refractivity contribution in [3.05, 3.63) is 93.6 Å². The zero-order chi connectivity index (χ0) is 25.2. The van der Waals surface area contributed by atoms with Gasteiger partial charge in [-0.05, 0) is 23.8 Å². The molecular formula is C25H18ClF3N4O2. The first-order chi connectivity index (χ1) is 16.7. The van der Waals surface area contributed by atoms with Crippen molar-refractivity contribution < 1.29 is 17.9 Å². The molecule has 4 rings (SSSR count). The van der Waals surface area contributed by atoms with Gasteiger partial charge < -0.3 is 4.74 Å². The minimum atomic E-state index is -4.66. The predicted molar refractivity (Wildman–Crippen MR) is 126 cm³/mol. The largest absolute Gasteiger partial charge is 0.495 e. The molecule has 0 fully saturated rings. The number of ether oxygens (including phenoxy) is 1. The van der Waals surface area contributed by atoms with E-state index in [2.05, 4.69) is 16.2 Å². The molecule has 2 heterocycles. The fourth-order valence-corrected chi connectivity index (χ4v) is 3.83. The van der Waals surface area contributed by atoms with E-state index in [1.165, 1.54) is 42.1 Å². The number of nitrogens with zero attached hydrogens (tertiary/aromatic N) is 4. The lowest BCUT2D eigenvalue weighted by Gasteiger charge is -2.19. The zero-order valence-corrected chi connectivity index (χ0v) is 19.1. The Morgan fingerprint density at radius 2 is 1.86 bits per heavy atom. The number of benzene rings is 2. The molecule has 0 saturated carbocycles. The van der Waals surface area contributed by atoms with Crippen molar-refractivity contribution in [1.29, 1.82) is 0 Å². The lowest BCUT2D eigenvalue weighted by atomic mass is 10.0. The maximum atomic E-state index is 13.1. The Balaban J connectivity index is 1.82. The van der Waals surface area contributed by atoms with Crippen molar-refractivity contribution in [3.63, 3.8) is 0 Å². The minimum absolute atomic E-state index is 0.227. The molecule has 0 spiro atoms. The van der Waals surface area contributed by atoms with E-state index in [1.807, 2.05) is 30.3 Å². The highest BCUT2D eigenvalue weighted by Gasteiger charge is 2.34. The third-order valence-electron chi connectivity index (χ3n) is 5.34. The first-order valence-corrected chi connectivity index (χ1v) is 10.7. The lowest BCUT2D eigenvalue weighted by Crippen LogP contribution is -2.25. The summed E-state index contributed by atoms with van der Waals surface area (Å²) in [5.41, 5.74) is 0.252. The second-order valence-electron chi connectivity index (χ2n) is 7.58. The zero-order valence-electron chi connectivity index (χ0n) is 18.3. The molecule has 2 aromatic heterocycles. The summed E-state index contributed by atoms with van der Waals surface area (Å²) in [6.07, 6.45) is 3.74. The molecule has 0 aliphatic heterocycles. The van der Waals surface area contributed by atoms with Crippen LogP contribution in [0.25, 0.3) is 16.8 Å². The van der Waals surface area contributed by atoms with Crippen LogP contribution >= 0.6 is 11.6 Å². The van der Waals surface area contributed by atoms with Crippen molar-refractivity contribution in [1.82, 2.24) is 19.6 Å². The number of terminal acetylenes is 1. The highest BCUT2D eigenvalue weighted by atomic mass is 35.5. The highest BCUT2D eigenvalue weighted by molar-refractivity contribution is 6.31. The lowest BCUT2D eigenvalue weighted by molar-refractivity contribution is -0.141. The standard InChI is InChI=1S/C25H18ClF3N4O2/c1-3-18(11-16-7-5-4-6-8-16)32-14-22(35-2)20(13-24(32)34)19-12-17(26)9-10-21(19)33-15-23(30-31-33)25(27,28)29/h1,4-10,12-15,18H,11H2,2H3. The Morgan fingerprint density at radius 1 is 1.11 bits per heavy atom. The van der Waals surface area contributed by atoms with E-state index in [1.54, 1.807) is 0 Å². The third kappa shape index (κ3) is 5.08. The quantitative estimate of drug-likeness (QED) is 0.343. The first-order valence-electron chi connectivity index (χ1n) is 10.3. The monoisotopic (exact) mass is 498 g/mol. The molecule has 2 aromatic carbocycles. The third-order valence-corrected chi connectivity index (χ3v) is 5.58. The van der Waals surface area contributed by atoms with Gasteiger partial charge in [-0.25, -0.2) is 4.68 Å². The van der Waals surface area contributed by atoms with Crippen molar-refractivity contribution in [2.24, 2.45) is 0 Å². The summed E-state index contributed by atoms with van der Waals surface area (Å²) in [5, 5.41) is 7.11. The van der Waals surface area contributed by atoms with Crippen molar-refractivity contribution in [2.75, 3.05) is 7.11 Å². The van der Waals surface area contributed by atoms with Gasteiger partial charge in [0.25, 0.3) is 5.56 Å². The number of hydrogen-bond acceptors (Lipinski definition) is 4. The van der Waals surface area contributed by atoms with E-state index in [0.717, 1.165) is 16.4 Å². The Morgan fingerprint density at radius 3 is 2.49 bits per heavy atom. The summed E-state index contributed by atoms with van der Waals surface area (Å²) in [7, 11) is 1.41. The molecule has 0 saturated heterocycles. The fourth-order valence-electron chi connectivity index (χ4n) is 3.66. The van der Waals surface area contributed by atoms with Gasteiger partial charge in [0, 0.05) is 28.6 Å². The smallest absolute Gasteiger partial charge is 0.436 e. The summed E-state index contributed by atoms with van der Waals surface area (Å²) >= 11 is 6.19. The Kier molecular flexibility index (Phi) is 6.67. The number of alkyl halides is 3. The topological polar surface area (TPSA) is 61.9 Å². The average molecular weight is 499 g/mol. The number of rotatable bonds is 6. The van der Waals surface area contributed by atoms with Gasteiger partial charge in [-0.3, -0.25) is 9.36 Å².